The van der Waals surface area contributed by atoms with Crippen molar-refractivity contribution in [2.45, 2.75) is 13.0 Å². The molecule has 0 saturated carbocycles. The maximum Gasteiger partial charge on any atom is 0.338 e. The fourth-order valence-corrected chi connectivity index (χ4v) is 0.938. The van der Waals surface area contributed by atoms with Crippen molar-refractivity contribution in [3.63, 3.8) is 0 Å². The molecule has 0 spiro atoms. The lowest BCUT2D eigenvalue weighted by Gasteiger charge is -2.24. The van der Waals surface area contributed by atoms with Crippen molar-refractivity contribution in [2.75, 3.05) is 7.05 Å². The smallest absolute Gasteiger partial charge is 0.338 e. The van der Waals surface area contributed by atoms with Crippen molar-refractivity contribution in [1.29, 1.82) is 0 Å². The van der Waals surface area contributed by atoms with Crippen LogP contribution in [-0.4, -0.2) is 35.7 Å². The molecule has 3 amide bonds. The van der Waals surface area contributed by atoms with Gasteiger partial charge in [-0.05, 0) is 6.92 Å². The molecule has 0 bridgehead atoms. The lowest BCUT2D eigenvalue weighted by atomic mass is 10.2. The highest BCUT2D eigenvalue weighted by atomic mass is 16.2. The average molecular weight is 170 g/mol. The summed E-state index contributed by atoms with van der Waals surface area (Å²) in [4.78, 5) is 21.7. The van der Waals surface area contributed by atoms with Gasteiger partial charge in [-0.25, -0.2) is 9.80 Å². The minimum atomic E-state index is -0.770. The van der Waals surface area contributed by atoms with Crippen LogP contribution >= 0.6 is 0 Å². The number of amides is 3. The number of hydrogen-bond acceptors (Lipinski definition) is 3. The molecule has 0 radical (unpaired) electrons. The molecule has 1 rings (SSSR count). The van der Waals surface area contributed by atoms with E-state index in [-0.39, 0.29) is 0 Å². The van der Waals surface area contributed by atoms with Gasteiger partial charge in [0.1, 0.15) is 6.04 Å². The number of nitrogens with two attached hydrogens (primary N) is 1. The molecular formula is C6H10N4O2. The van der Waals surface area contributed by atoms with Gasteiger partial charge in [0.05, 0.1) is 5.71 Å². The predicted octanol–water partition coefficient (Wildman–Crippen LogP) is -1.13. The van der Waals surface area contributed by atoms with E-state index in [9.17, 15) is 9.59 Å². The molecule has 1 atom stereocenters. The standard InChI is InChI=1S/C6H10N4O2/c1-3-4(5(7)11)8-6(12)10(2)9-3/h4H,1-2H3,(H2,7,11)(H,8,12). The quantitative estimate of drug-likeness (QED) is 0.521. The van der Waals surface area contributed by atoms with Gasteiger partial charge in [0.15, 0.2) is 0 Å². The van der Waals surface area contributed by atoms with Crippen molar-refractivity contribution in [1.82, 2.24) is 10.3 Å². The molecule has 1 heterocycles. The molecule has 3 N–H and O–H groups in total. The van der Waals surface area contributed by atoms with E-state index in [1.54, 1.807) is 6.92 Å². The minimum Gasteiger partial charge on any atom is -0.368 e. The monoisotopic (exact) mass is 170 g/mol. The van der Waals surface area contributed by atoms with Crippen molar-refractivity contribution in [3.05, 3.63) is 0 Å². The van der Waals surface area contributed by atoms with Crippen molar-refractivity contribution >= 4 is 17.6 Å². The molecule has 0 fully saturated rings. The van der Waals surface area contributed by atoms with Gasteiger partial charge in [0, 0.05) is 7.05 Å². The number of hydrogen-bond donors (Lipinski definition) is 2. The molecule has 1 aliphatic heterocycles. The summed E-state index contributed by atoms with van der Waals surface area (Å²) in [5.41, 5.74) is 5.50. The molecule has 12 heavy (non-hydrogen) atoms. The maximum absolute atomic E-state index is 11.0. The third-order valence-electron chi connectivity index (χ3n) is 1.57. The molecule has 0 aromatic heterocycles. The van der Waals surface area contributed by atoms with Gasteiger partial charge in [-0.1, -0.05) is 0 Å². The minimum absolute atomic E-state index is 0.426. The van der Waals surface area contributed by atoms with E-state index < -0.39 is 18.0 Å². The van der Waals surface area contributed by atoms with E-state index in [4.69, 9.17) is 5.73 Å². The zero-order chi connectivity index (χ0) is 9.30. The van der Waals surface area contributed by atoms with E-state index in [1.165, 1.54) is 7.05 Å². The summed E-state index contributed by atoms with van der Waals surface area (Å²) in [5, 5.41) is 7.32. The van der Waals surface area contributed by atoms with Crippen LogP contribution in [0.5, 0.6) is 0 Å². The Balaban J connectivity index is 2.88. The number of primary amides is 1. The van der Waals surface area contributed by atoms with Crippen LogP contribution < -0.4 is 11.1 Å². The normalized spacial score (nSPS) is 23.2. The molecule has 0 saturated heterocycles. The molecule has 6 heteroatoms. The number of rotatable bonds is 1. The molecule has 0 aliphatic carbocycles. The number of nitrogens with zero attached hydrogens (tertiary/aromatic N) is 2. The summed E-state index contributed by atoms with van der Waals surface area (Å²) in [6, 6.07) is -1.20. The first-order valence-corrected chi connectivity index (χ1v) is 3.41. The Morgan fingerprint density at radius 2 is 2.33 bits per heavy atom. The summed E-state index contributed by atoms with van der Waals surface area (Å²) in [6.45, 7) is 1.63. The molecule has 1 aliphatic rings. The molecule has 0 aromatic rings. The van der Waals surface area contributed by atoms with Gasteiger partial charge in [-0.3, -0.25) is 4.79 Å². The number of nitrogens with one attached hydrogen (secondary N) is 1. The first-order chi connectivity index (χ1) is 5.52. The average Bonchev–Trinajstić information content (AvgIpc) is 1.96. The Labute approximate surface area is 69.4 Å². The Morgan fingerprint density at radius 1 is 1.75 bits per heavy atom. The highest BCUT2D eigenvalue weighted by Gasteiger charge is 2.27. The Kier molecular flexibility index (Phi) is 1.99. The molecule has 0 aromatic carbocycles. The van der Waals surface area contributed by atoms with Crippen molar-refractivity contribution in [3.8, 4) is 0 Å². The molecule has 6 nitrogen and oxygen atoms in total. The molecule has 66 valence electrons. The van der Waals surface area contributed by atoms with E-state index in [0.717, 1.165) is 5.01 Å². The summed E-state index contributed by atoms with van der Waals surface area (Å²) < 4.78 is 0. The lowest BCUT2D eigenvalue weighted by molar-refractivity contribution is -0.118. The van der Waals surface area contributed by atoms with E-state index in [1.807, 2.05) is 0 Å². The summed E-state index contributed by atoms with van der Waals surface area (Å²) >= 11 is 0. The second kappa shape index (κ2) is 2.80. The largest absolute Gasteiger partial charge is 0.368 e. The summed E-state index contributed by atoms with van der Waals surface area (Å²) in [6.07, 6.45) is 0. The first kappa shape index (κ1) is 8.51. The number of hydrazone groups is 1. The van der Waals surface area contributed by atoms with E-state index in [0.29, 0.717) is 5.71 Å². The second-order valence-electron chi connectivity index (χ2n) is 2.55. The van der Waals surface area contributed by atoms with Crippen LogP contribution in [0.3, 0.4) is 0 Å². The maximum atomic E-state index is 11.0. The van der Waals surface area contributed by atoms with Crippen LogP contribution in [0.2, 0.25) is 0 Å². The molecule has 1 unspecified atom stereocenters. The van der Waals surface area contributed by atoms with Gasteiger partial charge >= 0.3 is 6.03 Å². The van der Waals surface area contributed by atoms with E-state index >= 15 is 0 Å². The summed E-state index contributed by atoms with van der Waals surface area (Å²) in [7, 11) is 1.50. The third kappa shape index (κ3) is 1.36. The zero-order valence-corrected chi connectivity index (χ0v) is 6.87. The van der Waals surface area contributed by atoms with Crippen LogP contribution in [0.15, 0.2) is 5.10 Å². The fraction of sp³-hybridized carbons (Fsp3) is 0.500. The predicted molar refractivity (Wildman–Crippen MR) is 42.4 cm³/mol. The molecular weight excluding hydrogens is 160 g/mol. The van der Waals surface area contributed by atoms with Crippen molar-refractivity contribution < 1.29 is 9.59 Å². The SMILES string of the molecule is CC1=NN(C)C(=O)NC1C(N)=O. The highest BCUT2D eigenvalue weighted by Crippen LogP contribution is 2.00. The van der Waals surface area contributed by atoms with Gasteiger partial charge in [0.25, 0.3) is 0 Å². The second-order valence-corrected chi connectivity index (χ2v) is 2.55. The number of urea groups is 1. The van der Waals surface area contributed by atoms with Crippen molar-refractivity contribution in [2.24, 2.45) is 10.8 Å². The van der Waals surface area contributed by atoms with Crippen LogP contribution in [-0.2, 0) is 4.79 Å². The van der Waals surface area contributed by atoms with Gasteiger partial charge in [-0.2, -0.15) is 5.10 Å². The van der Waals surface area contributed by atoms with Crippen LogP contribution in [0.1, 0.15) is 6.92 Å². The number of carbonyl (C=O) groups is 2. The fourth-order valence-electron chi connectivity index (χ4n) is 0.938. The highest BCUT2D eigenvalue weighted by molar-refractivity contribution is 6.10. The van der Waals surface area contributed by atoms with Crippen LogP contribution in [0, 0.1) is 0 Å². The Hall–Kier alpha value is -1.59. The van der Waals surface area contributed by atoms with Crippen LogP contribution in [0.4, 0.5) is 4.79 Å². The third-order valence-corrected chi connectivity index (χ3v) is 1.57. The first-order valence-electron chi connectivity index (χ1n) is 3.41. The summed E-state index contributed by atoms with van der Waals surface area (Å²) in [5.74, 6) is -0.599. The lowest BCUT2D eigenvalue weighted by Crippen LogP contribution is -2.55. The Morgan fingerprint density at radius 3 is 2.83 bits per heavy atom. The Bertz CT molecular complexity index is 260. The number of carbonyl (C=O) groups excluding carboxylic acids is 2. The van der Waals surface area contributed by atoms with E-state index in [2.05, 4.69) is 10.4 Å². The van der Waals surface area contributed by atoms with Gasteiger partial charge in [-0.15, -0.1) is 0 Å². The van der Waals surface area contributed by atoms with Gasteiger partial charge in [0.2, 0.25) is 5.91 Å². The van der Waals surface area contributed by atoms with Crippen LogP contribution in [0.25, 0.3) is 0 Å². The topological polar surface area (TPSA) is 87.8 Å². The van der Waals surface area contributed by atoms with Gasteiger partial charge < -0.3 is 11.1 Å². The zero-order valence-electron chi connectivity index (χ0n) is 6.87.